The van der Waals surface area contributed by atoms with Gasteiger partial charge in [-0.05, 0) is 141 Å². The van der Waals surface area contributed by atoms with Gasteiger partial charge in [-0.3, -0.25) is 0 Å². The fourth-order valence-corrected chi connectivity index (χ4v) is 6.57. The van der Waals surface area contributed by atoms with Crippen molar-refractivity contribution in [3.63, 3.8) is 0 Å². The van der Waals surface area contributed by atoms with Crippen molar-refractivity contribution in [1.82, 2.24) is 0 Å². The average Bonchev–Trinajstić information content (AvgIpc) is 0.766. The van der Waals surface area contributed by atoms with Gasteiger partial charge < -0.3 is 9.80 Å². The lowest BCUT2D eigenvalue weighted by molar-refractivity contribution is 1.28. The molecule has 10 rings (SSSR count). The van der Waals surface area contributed by atoms with Crippen LogP contribution in [-0.2, 0) is 0 Å². The second-order valence-corrected chi connectivity index (χ2v) is 14.9. The van der Waals surface area contributed by atoms with Crippen LogP contribution < -0.4 is 9.80 Å². The van der Waals surface area contributed by atoms with E-state index < -0.39 is 190 Å². The summed E-state index contributed by atoms with van der Waals surface area (Å²) in [4.78, 5) is 3.15. The fourth-order valence-electron chi connectivity index (χ4n) is 6.18. The van der Waals surface area contributed by atoms with Gasteiger partial charge in [-0.2, -0.15) is 0 Å². The highest BCUT2D eigenvalue weighted by Crippen LogP contribution is 2.38. The zero-order valence-corrected chi connectivity index (χ0v) is 36.4. The third-order valence-corrected chi connectivity index (χ3v) is 9.96. The van der Waals surface area contributed by atoms with E-state index in [4.69, 9.17) is 32.9 Å². The minimum absolute atomic E-state index is 0.0863. The van der Waals surface area contributed by atoms with Crippen molar-refractivity contribution in [1.29, 1.82) is 0 Å². The van der Waals surface area contributed by atoms with Crippen LogP contribution in [0, 0.1) is 0 Å². The van der Waals surface area contributed by atoms with Crippen LogP contribution in [0.15, 0.2) is 275 Å². The number of rotatable bonds is 10. The molecule has 0 spiro atoms. The van der Waals surface area contributed by atoms with E-state index in [0.717, 1.165) is 0 Å². The van der Waals surface area contributed by atoms with Crippen molar-refractivity contribution in [2.75, 3.05) is 9.80 Å². The molecule has 10 aromatic rings. The van der Waals surface area contributed by atoms with E-state index in [9.17, 15) is 0 Å². The molecule has 0 saturated carbocycles. The summed E-state index contributed by atoms with van der Waals surface area (Å²) < 4.78 is 207. The normalized spacial score (nSPS) is 15.9. The van der Waals surface area contributed by atoms with Gasteiger partial charge in [-0.25, -0.2) is 0 Å². The molecule has 0 fully saturated rings. The molecule has 0 saturated heterocycles. The second kappa shape index (κ2) is 20.3. The van der Waals surface area contributed by atoms with Gasteiger partial charge in [-0.1, -0.05) is 201 Å². The minimum atomic E-state index is -0.728. The third kappa shape index (κ3) is 10.2. The van der Waals surface area contributed by atoms with E-state index in [1.54, 1.807) is 131 Å². The van der Waals surface area contributed by atoms with Crippen LogP contribution in [0.2, 0.25) is 0 Å². The summed E-state index contributed by atoms with van der Waals surface area (Å²) in [7, 11) is 0. The highest BCUT2D eigenvalue weighted by atomic mass is 79.9. The van der Waals surface area contributed by atoms with Gasteiger partial charge in [0.2, 0.25) is 0 Å². The zero-order chi connectivity index (χ0) is 64.4. The lowest BCUT2D eigenvalue weighted by atomic mass is 9.99. The number of hydrogen-bond acceptors (Lipinski definition) is 2. The van der Waals surface area contributed by atoms with Crippen LogP contribution in [-0.4, -0.2) is 0 Å². The molecule has 0 unspecified atom stereocenters. The highest BCUT2D eigenvalue weighted by Gasteiger charge is 2.14. The Hall–Kier alpha value is -7.24. The van der Waals surface area contributed by atoms with Crippen molar-refractivity contribution in [3.8, 4) is 44.5 Å². The lowest BCUT2D eigenvalue weighted by Crippen LogP contribution is -2.09. The van der Waals surface area contributed by atoms with Gasteiger partial charge in [0.25, 0.3) is 0 Å². The first-order chi connectivity index (χ1) is 41.6. The van der Waals surface area contributed by atoms with Crippen LogP contribution in [0.5, 0.6) is 0 Å². The second-order valence-electron chi connectivity index (χ2n) is 13.3. The number of para-hydroxylation sites is 4. The van der Waals surface area contributed by atoms with E-state index in [1.165, 1.54) is 0 Å². The lowest BCUT2D eigenvalue weighted by Gasteiger charge is -2.25. The molecule has 0 atom stereocenters. The van der Waals surface area contributed by atoms with Crippen molar-refractivity contribution in [2.24, 2.45) is 0 Å². The Bertz CT molecular complexity index is 3930. The molecule has 4 heteroatoms. The zero-order valence-electron chi connectivity index (χ0n) is 57.2. The van der Waals surface area contributed by atoms with Gasteiger partial charge in [0, 0.05) is 43.1 Å². The van der Waals surface area contributed by atoms with Gasteiger partial charge in [0.15, 0.2) is 0 Å². The van der Waals surface area contributed by atoms with Crippen LogP contribution in [0.25, 0.3) is 44.5 Å². The van der Waals surface area contributed by atoms with Crippen molar-refractivity contribution in [3.05, 3.63) is 275 Å². The Balaban J connectivity index is 0.000000244. The van der Waals surface area contributed by atoms with E-state index in [2.05, 4.69) is 31.9 Å². The first kappa shape index (κ1) is 22.4. The summed E-state index contributed by atoms with van der Waals surface area (Å²) in [5, 5.41) is 0. The van der Waals surface area contributed by atoms with Gasteiger partial charge in [-0.15, -0.1) is 0 Å². The first-order valence-corrected chi connectivity index (χ1v) is 20.9. The van der Waals surface area contributed by atoms with Gasteiger partial charge >= 0.3 is 0 Å². The molecule has 0 radical (unpaired) electrons. The minimum Gasteiger partial charge on any atom is -0.311 e. The van der Waals surface area contributed by atoms with Crippen molar-refractivity contribution >= 4 is 66.0 Å². The smallest absolute Gasteiger partial charge is 0.0645 e. The van der Waals surface area contributed by atoms with Crippen LogP contribution in [0.4, 0.5) is 34.1 Å². The van der Waals surface area contributed by atoms with Crippen molar-refractivity contribution < 1.29 is 32.9 Å². The Morgan fingerprint density at radius 2 is 0.391 bits per heavy atom. The predicted molar refractivity (Wildman–Crippen MR) is 279 cm³/mol. The molecule has 2 nitrogen and oxygen atoms in total. The summed E-state index contributed by atoms with van der Waals surface area (Å²) in [6.07, 6.45) is 0. The Morgan fingerprint density at radius 1 is 0.219 bits per heavy atom. The molecular formula is C60H44Br2N2. The number of nitrogens with zero attached hydrogens (tertiary/aromatic N) is 2. The molecule has 0 aliphatic carbocycles. The summed E-state index contributed by atoms with van der Waals surface area (Å²) in [6.45, 7) is 0. The summed E-state index contributed by atoms with van der Waals surface area (Å²) in [5.41, 5.74) is -1.59. The Kier molecular flexibility index (Phi) is 7.10. The fraction of sp³-hybridized carbons (Fsp3) is 0. The summed E-state index contributed by atoms with van der Waals surface area (Å²) >= 11 is 5.93. The number of anilines is 6. The van der Waals surface area contributed by atoms with Crippen LogP contribution in [0.1, 0.15) is 32.9 Å². The van der Waals surface area contributed by atoms with E-state index >= 15 is 0 Å². The Labute approximate surface area is 427 Å². The standard InChI is InChI=1S/C42H32N2.C18H12Br2/c1-5-13-37(14-6-1)43(38-15-7-2-8-16-38)41-29-25-35(26-30-41)33-21-23-34(24-22-33)36-27-31-42(32-28-36)44(39-17-9-3-10-18-39)40-19-11-4-12-20-40;19-17-9-5-15(6-10-17)13-1-2-14(4-3-13)16-7-11-18(20)12-8-16/h1-32H;1-12H/i21D,22D,23D,24D,25D,26D,27D,28D,29D,30D,31D,32D;1D,2D,3D,4D,5D,6D,7D,8D,9D,10D,11D,12D. The average molecular weight is 977 g/mol. The molecule has 0 bridgehead atoms. The quantitative estimate of drug-likeness (QED) is 0.135. The molecule has 0 heterocycles. The topological polar surface area (TPSA) is 6.48 Å². The maximum Gasteiger partial charge on any atom is 0.0645 e. The number of halogens is 2. The predicted octanol–water partition coefficient (Wildman–Crippen LogP) is 18.5. The molecule has 0 amide bonds. The van der Waals surface area contributed by atoms with Crippen LogP contribution in [0.3, 0.4) is 0 Å². The first-order valence-electron chi connectivity index (χ1n) is 31.4. The van der Waals surface area contributed by atoms with E-state index in [1.807, 2.05) is 0 Å². The largest absolute Gasteiger partial charge is 0.311 e. The van der Waals surface area contributed by atoms with Crippen molar-refractivity contribution in [2.45, 2.75) is 0 Å². The van der Waals surface area contributed by atoms with Gasteiger partial charge in [0.05, 0.1) is 32.9 Å². The summed E-state index contributed by atoms with van der Waals surface area (Å²) in [6, 6.07) is 21.5. The SMILES string of the molecule is [2H]c1c([2H])c(-c2c([2H])c([2H])c(-c3c([2H])c([2H])c(Br)c([2H])c3[2H])c([2H])c2[2H])c([2H])c([2H])c1Br.[2H]c1c([2H])c(-c2c([2H])c([2H])c(N(c3ccccc3)c3ccccc3)c([2H])c2[2H])c([2H])c([2H])c1-c1c([2H])c([2H])c(N(c2ccccc2)c2ccccc2)c([2H])c1[2H]. The third-order valence-electron chi connectivity index (χ3n) is 9.17. The molecule has 0 aliphatic heterocycles. The summed E-state index contributed by atoms with van der Waals surface area (Å²) in [5.74, 6) is 0. The monoisotopic (exact) mass is 974 g/mol. The molecule has 0 aliphatic rings. The molecule has 64 heavy (non-hydrogen) atoms. The highest BCUT2D eigenvalue weighted by molar-refractivity contribution is 9.10. The molecule has 0 aromatic heterocycles. The van der Waals surface area contributed by atoms with E-state index in [0.29, 0.717) is 22.7 Å². The maximum atomic E-state index is 9.12. The molecule has 10 aromatic carbocycles. The van der Waals surface area contributed by atoms with Gasteiger partial charge in [0.1, 0.15) is 0 Å². The van der Waals surface area contributed by atoms with Crippen LogP contribution >= 0.6 is 31.9 Å². The number of hydrogen-bond donors (Lipinski definition) is 0. The van der Waals surface area contributed by atoms with E-state index in [-0.39, 0.29) is 20.3 Å². The molecular weight excluding hydrogens is 908 g/mol. The molecule has 308 valence electrons. The Morgan fingerprint density at radius 3 is 0.594 bits per heavy atom. The maximum absolute atomic E-state index is 9.12. The number of benzene rings is 10. The molecule has 0 N–H and O–H groups in total.